The van der Waals surface area contributed by atoms with Gasteiger partial charge in [-0.15, -0.1) is 0 Å². The van der Waals surface area contributed by atoms with Gasteiger partial charge in [0.1, 0.15) is 6.29 Å². The summed E-state index contributed by atoms with van der Waals surface area (Å²) >= 11 is 5.90. The van der Waals surface area contributed by atoms with Crippen LogP contribution in [0.15, 0.2) is 23.1 Å². The van der Waals surface area contributed by atoms with E-state index in [4.69, 9.17) is 11.6 Å². The minimum atomic E-state index is -3.36. The second-order valence-corrected chi connectivity index (χ2v) is 6.61. The first-order chi connectivity index (χ1) is 7.39. The van der Waals surface area contributed by atoms with Crippen LogP contribution in [0, 0.1) is 0 Å². The molecular formula is C11H13ClO3S. The number of benzene rings is 1. The highest BCUT2D eigenvalue weighted by Crippen LogP contribution is 2.26. The molecule has 1 aromatic carbocycles. The van der Waals surface area contributed by atoms with Crippen molar-refractivity contribution < 1.29 is 13.2 Å². The summed E-state index contributed by atoms with van der Waals surface area (Å²) in [4.78, 5) is 10.4. The third kappa shape index (κ3) is 2.62. The first-order valence-electron chi connectivity index (χ1n) is 4.85. The lowest BCUT2D eigenvalue weighted by atomic mass is 10.2. The molecule has 5 heteroatoms. The Morgan fingerprint density at radius 3 is 2.44 bits per heavy atom. The van der Waals surface area contributed by atoms with Gasteiger partial charge in [-0.25, -0.2) is 8.42 Å². The monoisotopic (exact) mass is 260 g/mol. The quantitative estimate of drug-likeness (QED) is 0.781. The molecule has 0 aliphatic carbocycles. The van der Waals surface area contributed by atoms with E-state index in [9.17, 15) is 13.2 Å². The van der Waals surface area contributed by atoms with Crippen LogP contribution in [-0.4, -0.2) is 20.0 Å². The van der Waals surface area contributed by atoms with E-state index in [0.29, 0.717) is 5.56 Å². The lowest BCUT2D eigenvalue weighted by molar-refractivity contribution is -0.107. The fourth-order valence-corrected chi connectivity index (χ4v) is 2.87. The molecule has 0 amide bonds. The number of hydrogen-bond donors (Lipinski definition) is 0. The standard InChI is InChI=1S/C11H13ClO3S/c1-8(2)16(14,15)11-4-3-9(5-6-13)7-10(11)12/h3-4,6-8H,5H2,1-2H3. The predicted octanol–water partition coefficient (Wildman–Crippen LogP) is 2.26. The van der Waals surface area contributed by atoms with Gasteiger partial charge in [0.25, 0.3) is 0 Å². The molecule has 0 aliphatic rings. The van der Waals surface area contributed by atoms with E-state index in [2.05, 4.69) is 0 Å². The van der Waals surface area contributed by atoms with E-state index in [0.717, 1.165) is 6.29 Å². The highest BCUT2D eigenvalue weighted by atomic mass is 35.5. The molecule has 3 nitrogen and oxygen atoms in total. The second-order valence-electron chi connectivity index (χ2n) is 3.73. The number of hydrogen-bond acceptors (Lipinski definition) is 3. The van der Waals surface area contributed by atoms with Crippen LogP contribution in [0.2, 0.25) is 5.02 Å². The zero-order valence-electron chi connectivity index (χ0n) is 9.10. The van der Waals surface area contributed by atoms with Crippen molar-refractivity contribution in [3.63, 3.8) is 0 Å². The highest BCUT2D eigenvalue weighted by molar-refractivity contribution is 7.92. The molecule has 0 fully saturated rings. The van der Waals surface area contributed by atoms with Crippen molar-refractivity contribution >= 4 is 27.7 Å². The van der Waals surface area contributed by atoms with E-state index < -0.39 is 15.1 Å². The molecule has 0 unspecified atom stereocenters. The Labute approximate surface area is 100 Å². The molecule has 0 aromatic heterocycles. The minimum absolute atomic E-state index is 0.124. The number of halogens is 1. The first-order valence-corrected chi connectivity index (χ1v) is 6.78. The van der Waals surface area contributed by atoms with Crippen LogP contribution in [0.5, 0.6) is 0 Å². The van der Waals surface area contributed by atoms with E-state index in [-0.39, 0.29) is 16.3 Å². The number of rotatable bonds is 4. The van der Waals surface area contributed by atoms with Crippen LogP contribution in [0.25, 0.3) is 0 Å². The number of sulfone groups is 1. The Morgan fingerprint density at radius 1 is 1.38 bits per heavy atom. The van der Waals surface area contributed by atoms with Crippen molar-refractivity contribution in [2.75, 3.05) is 0 Å². The van der Waals surface area contributed by atoms with Crippen molar-refractivity contribution in [1.29, 1.82) is 0 Å². The maximum atomic E-state index is 11.9. The van der Waals surface area contributed by atoms with Gasteiger partial charge in [0.2, 0.25) is 0 Å². The van der Waals surface area contributed by atoms with Gasteiger partial charge in [-0.2, -0.15) is 0 Å². The summed E-state index contributed by atoms with van der Waals surface area (Å²) < 4.78 is 23.7. The average molecular weight is 261 g/mol. The van der Waals surface area contributed by atoms with Crippen LogP contribution < -0.4 is 0 Å². The summed E-state index contributed by atoms with van der Waals surface area (Å²) in [5, 5.41) is -0.338. The molecule has 0 atom stereocenters. The Morgan fingerprint density at radius 2 is 2.00 bits per heavy atom. The Kier molecular flexibility index (Phi) is 4.10. The Balaban J connectivity index is 3.23. The fourth-order valence-electron chi connectivity index (χ4n) is 1.25. The zero-order chi connectivity index (χ0) is 12.3. The maximum absolute atomic E-state index is 11.9. The lowest BCUT2D eigenvalue weighted by Crippen LogP contribution is -2.14. The molecule has 0 saturated heterocycles. The fraction of sp³-hybridized carbons (Fsp3) is 0.364. The molecule has 0 aliphatic heterocycles. The van der Waals surface area contributed by atoms with Gasteiger partial charge in [-0.1, -0.05) is 17.7 Å². The molecule has 88 valence electrons. The van der Waals surface area contributed by atoms with Crippen molar-refractivity contribution in [3.8, 4) is 0 Å². The minimum Gasteiger partial charge on any atom is -0.303 e. The van der Waals surface area contributed by atoms with E-state index >= 15 is 0 Å². The van der Waals surface area contributed by atoms with Gasteiger partial charge in [-0.3, -0.25) is 0 Å². The normalized spacial score (nSPS) is 11.8. The first kappa shape index (κ1) is 13.2. The zero-order valence-corrected chi connectivity index (χ0v) is 10.7. The summed E-state index contributed by atoms with van der Waals surface area (Å²) in [6, 6.07) is 4.58. The summed E-state index contributed by atoms with van der Waals surface area (Å²) in [6.45, 7) is 3.20. The second kappa shape index (κ2) is 4.97. The topological polar surface area (TPSA) is 51.2 Å². The summed E-state index contributed by atoms with van der Waals surface area (Å²) in [5.74, 6) is 0. The largest absolute Gasteiger partial charge is 0.303 e. The smallest absolute Gasteiger partial charge is 0.182 e. The van der Waals surface area contributed by atoms with Crippen molar-refractivity contribution in [1.82, 2.24) is 0 Å². The molecule has 0 spiro atoms. The van der Waals surface area contributed by atoms with Gasteiger partial charge in [0, 0.05) is 6.42 Å². The molecular weight excluding hydrogens is 248 g/mol. The van der Waals surface area contributed by atoms with E-state index in [1.165, 1.54) is 12.1 Å². The molecule has 0 saturated carbocycles. The van der Waals surface area contributed by atoms with E-state index in [1.807, 2.05) is 0 Å². The van der Waals surface area contributed by atoms with Crippen LogP contribution in [0.1, 0.15) is 19.4 Å². The summed E-state index contributed by atoms with van der Waals surface area (Å²) in [5.41, 5.74) is 0.711. The van der Waals surface area contributed by atoms with Crippen LogP contribution >= 0.6 is 11.6 Å². The highest BCUT2D eigenvalue weighted by Gasteiger charge is 2.22. The molecule has 0 radical (unpaired) electrons. The van der Waals surface area contributed by atoms with Crippen LogP contribution in [0.4, 0.5) is 0 Å². The van der Waals surface area contributed by atoms with Crippen molar-refractivity contribution in [2.24, 2.45) is 0 Å². The molecule has 16 heavy (non-hydrogen) atoms. The van der Waals surface area contributed by atoms with Gasteiger partial charge in [-0.05, 0) is 31.5 Å². The molecule has 0 N–H and O–H groups in total. The van der Waals surface area contributed by atoms with Crippen LogP contribution in [0.3, 0.4) is 0 Å². The Bertz CT molecular complexity index is 492. The Hall–Kier alpha value is -0.870. The summed E-state index contributed by atoms with van der Waals surface area (Å²) in [7, 11) is -3.36. The van der Waals surface area contributed by atoms with Gasteiger partial charge < -0.3 is 4.79 Å². The summed E-state index contributed by atoms with van der Waals surface area (Å²) in [6.07, 6.45) is 0.990. The average Bonchev–Trinajstić information content (AvgIpc) is 2.17. The SMILES string of the molecule is CC(C)S(=O)(=O)c1ccc(CC=O)cc1Cl. The molecule has 1 aromatic rings. The molecule has 1 rings (SSSR count). The van der Waals surface area contributed by atoms with Gasteiger partial charge in [0.15, 0.2) is 9.84 Å². The van der Waals surface area contributed by atoms with E-state index in [1.54, 1.807) is 19.9 Å². The van der Waals surface area contributed by atoms with Crippen molar-refractivity contribution in [2.45, 2.75) is 30.4 Å². The third-order valence-corrected chi connectivity index (χ3v) is 4.88. The predicted molar refractivity (Wildman–Crippen MR) is 63.5 cm³/mol. The lowest BCUT2D eigenvalue weighted by Gasteiger charge is -2.10. The van der Waals surface area contributed by atoms with Crippen molar-refractivity contribution in [3.05, 3.63) is 28.8 Å². The van der Waals surface area contributed by atoms with Gasteiger partial charge in [0.05, 0.1) is 15.2 Å². The number of carbonyl (C=O) groups is 1. The number of carbonyl (C=O) groups excluding carboxylic acids is 1. The maximum Gasteiger partial charge on any atom is 0.182 e. The molecule has 0 bridgehead atoms. The molecule has 0 heterocycles. The van der Waals surface area contributed by atoms with Crippen LogP contribution in [-0.2, 0) is 21.1 Å². The number of aldehydes is 1. The van der Waals surface area contributed by atoms with Gasteiger partial charge >= 0.3 is 0 Å². The third-order valence-electron chi connectivity index (χ3n) is 2.24.